The second kappa shape index (κ2) is 9.22. The lowest BCUT2D eigenvalue weighted by Crippen LogP contribution is -2.43. The number of hydrogen-bond donors (Lipinski definition) is 1. The Morgan fingerprint density at radius 3 is 2.81 bits per heavy atom. The molecular formula is C23H22N6O2. The number of hydrogen-bond acceptors (Lipinski definition) is 5. The fraction of sp³-hybridized carbons (Fsp3) is 0.261. The van der Waals surface area contributed by atoms with Crippen molar-refractivity contribution in [3.63, 3.8) is 0 Å². The standard InChI is InChI=1S/C23H22N6O2/c24-14-18-2-1-3-19(12-18)23(31)28-15-20-7-11-27-29(20)21(16-28)13-22(30)26-10-6-17-4-8-25-9-5-17/h1-5,7-9,11-12,21H,6,10,13,15-16H2,(H,26,30)/t21-/m0/s1. The van der Waals surface area contributed by atoms with Gasteiger partial charge in [-0.05, 0) is 48.4 Å². The molecule has 4 rings (SSSR count). The van der Waals surface area contributed by atoms with Gasteiger partial charge in [0.1, 0.15) is 0 Å². The molecule has 0 fully saturated rings. The summed E-state index contributed by atoms with van der Waals surface area (Å²) in [6.07, 6.45) is 6.11. The Bertz CT molecular complexity index is 1120. The summed E-state index contributed by atoms with van der Waals surface area (Å²) >= 11 is 0. The molecular weight excluding hydrogens is 392 g/mol. The summed E-state index contributed by atoms with van der Waals surface area (Å²) in [6, 6.07) is 14.2. The number of carbonyl (C=O) groups is 2. The average molecular weight is 414 g/mol. The van der Waals surface area contributed by atoms with E-state index in [9.17, 15) is 9.59 Å². The molecule has 8 nitrogen and oxygen atoms in total. The van der Waals surface area contributed by atoms with Crippen LogP contribution in [0, 0.1) is 11.3 Å². The van der Waals surface area contributed by atoms with Gasteiger partial charge in [0.05, 0.1) is 36.3 Å². The fourth-order valence-electron chi connectivity index (χ4n) is 3.78. The number of amides is 2. The molecule has 1 aromatic carbocycles. The smallest absolute Gasteiger partial charge is 0.254 e. The molecule has 3 heterocycles. The lowest BCUT2D eigenvalue weighted by atomic mass is 10.1. The van der Waals surface area contributed by atoms with Gasteiger partial charge in [-0.3, -0.25) is 19.3 Å². The molecule has 3 aromatic rings. The van der Waals surface area contributed by atoms with Crippen molar-refractivity contribution in [2.75, 3.05) is 13.1 Å². The third kappa shape index (κ3) is 4.78. The second-order valence-electron chi connectivity index (χ2n) is 7.46. The topological polar surface area (TPSA) is 104 Å². The number of benzene rings is 1. The van der Waals surface area contributed by atoms with Gasteiger partial charge in [-0.2, -0.15) is 10.4 Å². The first-order valence-electron chi connectivity index (χ1n) is 10.1. The molecule has 0 saturated carbocycles. The van der Waals surface area contributed by atoms with E-state index in [0.717, 1.165) is 17.7 Å². The largest absolute Gasteiger partial charge is 0.356 e. The molecule has 1 N–H and O–H groups in total. The number of fused-ring (bicyclic) bond motifs is 1. The molecule has 0 radical (unpaired) electrons. The van der Waals surface area contributed by atoms with E-state index in [1.54, 1.807) is 47.8 Å². The van der Waals surface area contributed by atoms with Gasteiger partial charge in [0, 0.05) is 37.2 Å². The molecule has 0 bridgehead atoms. The molecule has 0 aliphatic carbocycles. The van der Waals surface area contributed by atoms with Gasteiger partial charge < -0.3 is 10.2 Å². The van der Waals surface area contributed by atoms with Crippen LogP contribution in [-0.4, -0.2) is 44.6 Å². The van der Waals surface area contributed by atoms with Crippen molar-refractivity contribution in [2.45, 2.75) is 25.4 Å². The second-order valence-corrected chi connectivity index (χ2v) is 7.46. The van der Waals surface area contributed by atoms with Crippen LogP contribution in [0.4, 0.5) is 0 Å². The molecule has 0 unspecified atom stereocenters. The molecule has 0 saturated heterocycles. The Kier molecular flexibility index (Phi) is 6.03. The summed E-state index contributed by atoms with van der Waals surface area (Å²) in [5, 5.41) is 16.4. The van der Waals surface area contributed by atoms with Crippen molar-refractivity contribution in [3.05, 3.63) is 83.4 Å². The Morgan fingerprint density at radius 1 is 1.16 bits per heavy atom. The van der Waals surface area contributed by atoms with E-state index >= 15 is 0 Å². The Labute approximate surface area is 180 Å². The first kappa shape index (κ1) is 20.3. The number of rotatable bonds is 6. The molecule has 156 valence electrons. The van der Waals surface area contributed by atoms with Gasteiger partial charge in [-0.25, -0.2) is 0 Å². The van der Waals surface area contributed by atoms with Gasteiger partial charge in [0.2, 0.25) is 5.91 Å². The van der Waals surface area contributed by atoms with E-state index in [4.69, 9.17) is 5.26 Å². The van der Waals surface area contributed by atoms with Gasteiger partial charge in [0.25, 0.3) is 5.91 Å². The summed E-state index contributed by atoms with van der Waals surface area (Å²) in [5.41, 5.74) is 2.90. The predicted octanol–water partition coefficient (Wildman–Crippen LogP) is 2.10. The Hall–Kier alpha value is -3.99. The van der Waals surface area contributed by atoms with E-state index in [2.05, 4.69) is 21.5 Å². The van der Waals surface area contributed by atoms with Gasteiger partial charge >= 0.3 is 0 Å². The van der Waals surface area contributed by atoms with Crippen LogP contribution in [0.3, 0.4) is 0 Å². The van der Waals surface area contributed by atoms with Crippen molar-refractivity contribution in [3.8, 4) is 6.07 Å². The number of aromatic nitrogens is 3. The zero-order chi connectivity index (χ0) is 21.6. The van der Waals surface area contributed by atoms with Crippen molar-refractivity contribution >= 4 is 11.8 Å². The van der Waals surface area contributed by atoms with Crippen LogP contribution in [0.5, 0.6) is 0 Å². The van der Waals surface area contributed by atoms with Crippen LogP contribution in [-0.2, 0) is 17.8 Å². The van der Waals surface area contributed by atoms with Crippen molar-refractivity contribution in [1.29, 1.82) is 5.26 Å². The van der Waals surface area contributed by atoms with E-state index < -0.39 is 0 Å². The van der Waals surface area contributed by atoms with Crippen LogP contribution < -0.4 is 5.32 Å². The number of nitriles is 1. The number of nitrogens with zero attached hydrogens (tertiary/aromatic N) is 5. The molecule has 31 heavy (non-hydrogen) atoms. The molecule has 2 aromatic heterocycles. The van der Waals surface area contributed by atoms with Crippen LogP contribution in [0.2, 0.25) is 0 Å². The minimum atomic E-state index is -0.247. The Balaban J connectivity index is 1.41. The monoisotopic (exact) mass is 414 g/mol. The first-order chi connectivity index (χ1) is 15.1. The number of carbonyl (C=O) groups excluding carboxylic acids is 2. The lowest BCUT2D eigenvalue weighted by molar-refractivity contribution is -0.122. The van der Waals surface area contributed by atoms with E-state index in [0.29, 0.717) is 30.8 Å². The lowest BCUT2D eigenvalue weighted by Gasteiger charge is -2.33. The van der Waals surface area contributed by atoms with Crippen molar-refractivity contribution in [2.24, 2.45) is 0 Å². The fourth-order valence-corrected chi connectivity index (χ4v) is 3.78. The highest BCUT2D eigenvalue weighted by molar-refractivity contribution is 5.94. The zero-order valence-corrected chi connectivity index (χ0v) is 16.9. The SMILES string of the molecule is N#Cc1cccc(C(=O)N2Cc3ccnn3[C@@H](CC(=O)NCCc3ccncc3)C2)c1. The van der Waals surface area contributed by atoms with Crippen molar-refractivity contribution < 1.29 is 9.59 Å². The summed E-state index contributed by atoms with van der Waals surface area (Å²) in [7, 11) is 0. The minimum absolute atomic E-state index is 0.0821. The quantitative estimate of drug-likeness (QED) is 0.665. The molecule has 1 aliphatic rings. The van der Waals surface area contributed by atoms with Crippen LogP contribution in [0.25, 0.3) is 0 Å². The summed E-state index contributed by atoms with van der Waals surface area (Å²) in [4.78, 5) is 31.3. The third-order valence-corrected chi connectivity index (χ3v) is 5.31. The van der Waals surface area contributed by atoms with Crippen LogP contribution in [0.1, 0.15) is 39.6 Å². The number of nitrogens with one attached hydrogen (secondary N) is 1. The zero-order valence-electron chi connectivity index (χ0n) is 16.9. The highest BCUT2D eigenvalue weighted by atomic mass is 16.2. The third-order valence-electron chi connectivity index (χ3n) is 5.31. The van der Waals surface area contributed by atoms with Crippen LogP contribution in [0.15, 0.2) is 61.1 Å². The Morgan fingerprint density at radius 2 is 2.00 bits per heavy atom. The van der Waals surface area contributed by atoms with E-state index in [-0.39, 0.29) is 24.3 Å². The maximum Gasteiger partial charge on any atom is 0.254 e. The number of pyridine rings is 1. The maximum atomic E-state index is 13.0. The highest BCUT2D eigenvalue weighted by Crippen LogP contribution is 2.24. The van der Waals surface area contributed by atoms with Gasteiger partial charge in [0.15, 0.2) is 0 Å². The highest BCUT2D eigenvalue weighted by Gasteiger charge is 2.30. The summed E-state index contributed by atoms with van der Waals surface area (Å²) < 4.78 is 1.83. The van der Waals surface area contributed by atoms with E-state index in [1.165, 1.54) is 0 Å². The molecule has 2 amide bonds. The van der Waals surface area contributed by atoms with Crippen LogP contribution >= 0.6 is 0 Å². The predicted molar refractivity (Wildman–Crippen MR) is 113 cm³/mol. The molecule has 1 aliphatic heterocycles. The average Bonchev–Trinajstić information content (AvgIpc) is 3.28. The van der Waals surface area contributed by atoms with Crippen molar-refractivity contribution in [1.82, 2.24) is 25.0 Å². The summed E-state index contributed by atoms with van der Waals surface area (Å²) in [5.74, 6) is -0.242. The molecule has 8 heteroatoms. The maximum absolute atomic E-state index is 13.0. The van der Waals surface area contributed by atoms with E-state index in [1.807, 2.05) is 22.9 Å². The first-order valence-corrected chi connectivity index (χ1v) is 10.1. The van der Waals surface area contributed by atoms with Gasteiger partial charge in [-0.1, -0.05) is 6.07 Å². The molecule has 1 atom stereocenters. The van der Waals surface area contributed by atoms with Gasteiger partial charge in [-0.15, -0.1) is 0 Å². The molecule has 0 spiro atoms. The summed E-state index contributed by atoms with van der Waals surface area (Å²) in [6.45, 7) is 1.32. The normalized spacial score (nSPS) is 15.1. The minimum Gasteiger partial charge on any atom is -0.356 e.